The van der Waals surface area contributed by atoms with Crippen LogP contribution in [0.25, 0.3) is 0 Å². The molecule has 0 unspecified atom stereocenters. The Kier molecular flexibility index (Phi) is 3.34. The lowest BCUT2D eigenvalue weighted by molar-refractivity contribution is -0.136. The predicted molar refractivity (Wildman–Crippen MR) is 54.4 cm³/mol. The maximum atomic E-state index is 11.1. The van der Waals surface area contributed by atoms with Gasteiger partial charge in [-0.05, 0) is 31.1 Å². The Labute approximate surface area is 81.1 Å². The van der Waals surface area contributed by atoms with Crippen molar-refractivity contribution in [3.05, 3.63) is 0 Å². The maximum absolute atomic E-state index is 11.1. The van der Waals surface area contributed by atoms with Gasteiger partial charge in [-0.1, -0.05) is 20.3 Å². The molecule has 13 heavy (non-hydrogen) atoms. The number of carbonyl (C=O) groups is 1. The summed E-state index contributed by atoms with van der Waals surface area (Å²) in [7, 11) is 1.73. The van der Waals surface area contributed by atoms with Crippen LogP contribution in [0.5, 0.6) is 0 Å². The first-order chi connectivity index (χ1) is 6.26. The largest absolute Gasteiger partial charge is 0.359 e. The molecule has 2 aliphatic carbocycles. The molecule has 0 atom stereocenters. The van der Waals surface area contributed by atoms with Crippen LogP contribution in [0.4, 0.5) is 0 Å². The van der Waals surface area contributed by atoms with Crippen LogP contribution in [0.15, 0.2) is 0 Å². The van der Waals surface area contributed by atoms with Crippen LogP contribution >= 0.6 is 0 Å². The fraction of sp³-hybridized carbons (Fsp3) is 0.909. The Morgan fingerprint density at radius 1 is 1.31 bits per heavy atom. The summed E-state index contributed by atoms with van der Waals surface area (Å²) < 4.78 is 0. The van der Waals surface area contributed by atoms with Crippen molar-refractivity contribution < 1.29 is 4.79 Å². The van der Waals surface area contributed by atoms with Crippen LogP contribution in [-0.4, -0.2) is 13.0 Å². The highest BCUT2D eigenvalue weighted by Crippen LogP contribution is 2.58. The van der Waals surface area contributed by atoms with E-state index < -0.39 is 0 Å². The summed E-state index contributed by atoms with van der Waals surface area (Å²) in [6.07, 6.45) is 6.46. The van der Waals surface area contributed by atoms with Crippen molar-refractivity contribution in [1.29, 1.82) is 0 Å². The number of amides is 1. The van der Waals surface area contributed by atoms with Gasteiger partial charge in [0.2, 0.25) is 5.91 Å². The molecule has 2 saturated carbocycles. The highest BCUT2D eigenvalue weighted by molar-refractivity contribution is 5.79. The molecule has 2 nitrogen and oxygen atoms in total. The lowest BCUT2D eigenvalue weighted by atomic mass is 9.51. The van der Waals surface area contributed by atoms with Gasteiger partial charge in [0.05, 0.1) is 0 Å². The molecule has 0 heterocycles. The van der Waals surface area contributed by atoms with Crippen LogP contribution < -0.4 is 5.32 Å². The molecule has 0 aromatic rings. The zero-order chi connectivity index (χ0) is 9.90. The van der Waals surface area contributed by atoms with E-state index in [1.807, 2.05) is 13.8 Å². The molecule has 1 amide bonds. The number of nitrogens with one attached hydrogen (secondary N) is 1. The van der Waals surface area contributed by atoms with Gasteiger partial charge >= 0.3 is 0 Å². The summed E-state index contributed by atoms with van der Waals surface area (Å²) >= 11 is 0. The molecule has 2 heteroatoms. The number of hydrogen-bond donors (Lipinski definition) is 1. The van der Waals surface area contributed by atoms with E-state index in [0.717, 1.165) is 12.8 Å². The van der Waals surface area contributed by atoms with Crippen molar-refractivity contribution in [1.82, 2.24) is 5.32 Å². The van der Waals surface area contributed by atoms with Gasteiger partial charge in [0.15, 0.2) is 0 Å². The minimum atomic E-state index is 0.252. The van der Waals surface area contributed by atoms with Gasteiger partial charge in [-0.2, -0.15) is 0 Å². The highest BCUT2D eigenvalue weighted by atomic mass is 16.1. The zero-order valence-electron chi connectivity index (χ0n) is 9.02. The third kappa shape index (κ3) is 1.87. The molecule has 0 aromatic carbocycles. The third-order valence-electron chi connectivity index (χ3n) is 3.39. The van der Waals surface area contributed by atoms with Gasteiger partial charge in [-0.25, -0.2) is 0 Å². The molecule has 2 aliphatic rings. The van der Waals surface area contributed by atoms with Crippen molar-refractivity contribution >= 4 is 5.91 Å². The Hall–Kier alpha value is -0.530. The van der Waals surface area contributed by atoms with Crippen molar-refractivity contribution in [2.45, 2.75) is 46.0 Å². The average Bonchev–Trinajstić information content (AvgIpc) is 2.03. The van der Waals surface area contributed by atoms with E-state index in [-0.39, 0.29) is 5.91 Å². The fourth-order valence-electron chi connectivity index (χ4n) is 2.46. The van der Waals surface area contributed by atoms with Crippen molar-refractivity contribution in [2.75, 3.05) is 7.05 Å². The van der Waals surface area contributed by atoms with Gasteiger partial charge in [0.1, 0.15) is 0 Å². The van der Waals surface area contributed by atoms with E-state index in [1.165, 1.54) is 19.3 Å². The number of rotatable bonds is 1. The van der Waals surface area contributed by atoms with Gasteiger partial charge in [-0.15, -0.1) is 0 Å². The Morgan fingerprint density at radius 2 is 1.85 bits per heavy atom. The van der Waals surface area contributed by atoms with Gasteiger partial charge in [-0.3, -0.25) is 4.79 Å². The third-order valence-corrected chi connectivity index (χ3v) is 3.39. The molecular weight excluding hydrogens is 162 g/mol. The molecule has 1 N–H and O–H groups in total. The Balaban J connectivity index is 0.000000396. The molecule has 0 bridgehead atoms. The second kappa shape index (κ2) is 4.12. The molecule has 0 saturated heterocycles. The first-order valence-electron chi connectivity index (χ1n) is 5.47. The van der Waals surface area contributed by atoms with Gasteiger partial charge in [0, 0.05) is 13.0 Å². The SMILES string of the molecule is CC.CNC(=O)C1CC2(CCC2)C1. The monoisotopic (exact) mass is 183 g/mol. The van der Waals surface area contributed by atoms with Crippen LogP contribution in [0.3, 0.4) is 0 Å². The predicted octanol–water partition coefficient (Wildman–Crippen LogP) is 2.34. The van der Waals surface area contributed by atoms with Gasteiger partial charge in [0.25, 0.3) is 0 Å². The fourth-order valence-corrected chi connectivity index (χ4v) is 2.46. The molecule has 0 radical (unpaired) electrons. The van der Waals surface area contributed by atoms with Crippen LogP contribution in [-0.2, 0) is 4.79 Å². The minimum Gasteiger partial charge on any atom is -0.359 e. The van der Waals surface area contributed by atoms with Crippen molar-refractivity contribution in [2.24, 2.45) is 11.3 Å². The number of carbonyl (C=O) groups excluding carboxylic acids is 1. The molecule has 76 valence electrons. The summed E-state index contributed by atoms with van der Waals surface area (Å²) in [5.41, 5.74) is 0.636. The first-order valence-corrected chi connectivity index (χ1v) is 5.47. The Morgan fingerprint density at radius 3 is 2.15 bits per heavy atom. The molecule has 1 spiro atoms. The molecule has 0 aliphatic heterocycles. The second-order valence-electron chi connectivity index (χ2n) is 4.07. The summed E-state index contributed by atoms with van der Waals surface area (Å²) in [6, 6.07) is 0. The zero-order valence-corrected chi connectivity index (χ0v) is 9.02. The standard InChI is InChI=1S/C9H15NO.C2H6/c1-10-8(11)7-5-9(6-7)3-2-4-9;1-2/h7H,2-6H2,1H3,(H,10,11);1-2H3. The van der Waals surface area contributed by atoms with E-state index in [1.54, 1.807) is 7.05 Å². The quantitative estimate of drug-likeness (QED) is 0.664. The summed E-state index contributed by atoms with van der Waals surface area (Å²) in [6.45, 7) is 4.00. The maximum Gasteiger partial charge on any atom is 0.222 e. The van der Waals surface area contributed by atoms with E-state index in [2.05, 4.69) is 5.32 Å². The topological polar surface area (TPSA) is 29.1 Å². The van der Waals surface area contributed by atoms with Crippen LogP contribution in [0.1, 0.15) is 46.0 Å². The minimum absolute atomic E-state index is 0.252. The summed E-state index contributed by atoms with van der Waals surface area (Å²) in [4.78, 5) is 11.1. The summed E-state index contributed by atoms with van der Waals surface area (Å²) in [5.74, 6) is 0.600. The van der Waals surface area contributed by atoms with E-state index in [9.17, 15) is 4.79 Å². The van der Waals surface area contributed by atoms with Crippen molar-refractivity contribution in [3.63, 3.8) is 0 Å². The second-order valence-corrected chi connectivity index (χ2v) is 4.07. The van der Waals surface area contributed by atoms with E-state index in [0.29, 0.717) is 11.3 Å². The highest BCUT2D eigenvalue weighted by Gasteiger charge is 2.50. The van der Waals surface area contributed by atoms with Crippen molar-refractivity contribution in [3.8, 4) is 0 Å². The number of hydrogen-bond acceptors (Lipinski definition) is 1. The molecule has 2 rings (SSSR count). The van der Waals surface area contributed by atoms with Crippen LogP contribution in [0, 0.1) is 11.3 Å². The average molecular weight is 183 g/mol. The molecule has 2 fully saturated rings. The lowest BCUT2D eigenvalue weighted by Crippen LogP contribution is -2.48. The van der Waals surface area contributed by atoms with E-state index in [4.69, 9.17) is 0 Å². The summed E-state index contributed by atoms with van der Waals surface area (Å²) in [5, 5.41) is 2.71. The molecular formula is C11H21NO. The molecule has 0 aromatic heterocycles. The lowest BCUT2D eigenvalue weighted by Gasteiger charge is -2.53. The van der Waals surface area contributed by atoms with E-state index >= 15 is 0 Å². The first kappa shape index (κ1) is 10.6. The van der Waals surface area contributed by atoms with Crippen LogP contribution in [0.2, 0.25) is 0 Å². The van der Waals surface area contributed by atoms with Gasteiger partial charge < -0.3 is 5.32 Å². The Bertz CT molecular complexity index is 177. The smallest absolute Gasteiger partial charge is 0.222 e. The normalized spacial score (nSPS) is 23.6.